The topological polar surface area (TPSA) is 72.3 Å². The lowest BCUT2D eigenvalue weighted by Gasteiger charge is -2.06. The van der Waals surface area contributed by atoms with E-state index in [2.05, 4.69) is 25.7 Å². The second-order valence-corrected chi connectivity index (χ2v) is 5.42. The summed E-state index contributed by atoms with van der Waals surface area (Å²) in [7, 11) is 0. The van der Waals surface area contributed by atoms with E-state index in [-0.39, 0.29) is 5.82 Å². The van der Waals surface area contributed by atoms with E-state index in [9.17, 15) is 4.39 Å². The van der Waals surface area contributed by atoms with Gasteiger partial charge in [0.05, 0.1) is 23.1 Å². The van der Waals surface area contributed by atoms with E-state index in [1.54, 1.807) is 23.0 Å². The van der Waals surface area contributed by atoms with Gasteiger partial charge >= 0.3 is 0 Å². The van der Waals surface area contributed by atoms with Gasteiger partial charge in [0.15, 0.2) is 5.82 Å². The number of hydrogen-bond donors (Lipinski definition) is 1. The fourth-order valence-electron chi connectivity index (χ4n) is 2.51. The lowest BCUT2D eigenvalue weighted by Crippen LogP contribution is -2.00. The SMILES string of the molecule is Cc1ccc(-n2nnnc2-c2cn[nH]c2-c2ccc(F)cc2)cc1. The highest BCUT2D eigenvalue weighted by Crippen LogP contribution is 2.29. The van der Waals surface area contributed by atoms with Gasteiger partial charge in [0.1, 0.15) is 5.82 Å². The van der Waals surface area contributed by atoms with E-state index in [0.717, 1.165) is 28.1 Å². The second-order valence-electron chi connectivity index (χ2n) is 5.42. The van der Waals surface area contributed by atoms with Gasteiger partial charge in [0.2, 0.25) is 0 Å². The predicted molar refractivity (Wildman–Crippen MR) is 86.9 cm³/mol. The second kappa shape index (κ2) is 5.69. The molecule has 2 heterocycles. The van der Waals surface area contributed by atoms with Crippen molar-refractivity contribution in [2.24, 2.45) is 0 Å². The molecule has 7 heteroatoms. The smallest absolute Gasteiger partial charge is 0.190 e. The first-order valence-corrected chi connectivity index (χ1v) is 7.37. The molecule has 2 aromatic heterocycles. The molecule has 0 bridgehead atoms. The highest BCUT2D eigenvalue weighted by atomic mass is 19.1. The average molecular weight is 320 g/mol. The number of nitrogens with zero attached hydrogens (tertiary/aromatic N) is 5. The number of rotatable bonds is 3. The maximum Gasteiger partial charge on any atom is 0.190 e. The highest BCUT2D eigenvalue weighted by molar-refractivity contribution is 5.77. The maximum absolute atomic E-state index is 13.2. The van der Waals surface area contributed by atoms with Crippen LogP contribution in [0.25, 0.3) is 28.3 Å². The van der Waals surface area contributed by atoms with Crippen LogP contribution in [0.4, 0.5) is 4.39 Å². The van der Waals surface area contributed by atoms with Gasteiger partial charge in [-0.3, -0.25) is 5.10 Å². The van der Waals surface area contributed by atoms with Crippen LogP contribution in [0.5, 0.6) is 0 Å². The molecule has 0 aliphatic heterocycles. The van der Waals surface area contributed by atoms with Gasteiger partial charge < -0.3 is 0 Å². The number of aryl methyl sites for hydroxylation is 1. The summed E-state index contributed by atoms with van der Waals surface area (Å²) < 4.78 is 14.8. The van der Waals surface area contributed by atoms with Crippen molar-refractivity contribution >= 4 is 0 Å². The van der Waals surface area contributed by atoms with Crippen LogP contribution in [-0.2, 0) is 0 Å². The Hall–Kier alpha value is -3.35. The van der Waals surface area contributed by atoms with Crippen LogP contribution in [-0.4, -0.2) is 30.4 Å². The molecule has 0 saturated heterocycles. The highest BCUT2D eigenvalue weighted by Gasteiger charge is 2.17. The van der Waals surface area contributed by atoms with Crippen LogP contribution in [0.1, 0.15) is 5.56 Å². The number of hydrogen-bond acceptors (Lipinski definition) is 4. The minimum Gasteiger partial charge on any atom is -0.277 e. The van der Waals surface area contributed by atoms with Gasteiger partial charge in [-0.15, -0.1) is 5.10 Å². The van der Waals surface area contributed by atoms with Gasteiger partial charge in [-0.2, -0.15) is 9.78 Å². The zero-order valence-corrected chi connectivity index (χ0v) is 12.8. The minimum atomic E-state index is -0.288. The fraction of sp³-hybridized carbons (Fsp3) is 0.0588. The van der Waals surface area contributed by atoms with Crippen molar-refractivity contribution in [1.29, 1.82) is 0 Å². The zero-order chi connectivity index (χ0) is 16.5. The van der Waals surface area contributed by atoms with Crippen molar-refractivity contribution < 1.29 is 4.39 Å². The van der Waals surface area contributed by atoms with E-state index in [4.69, 9.17) is 0 Å². The van der Waals surface area contributed by atoms with Crippen LogP contribution < -0.4 is 0 Å². The Morgan fingerprint density at radius 1 is 1.00 bits per heavy atom. The standard InChI is InChI=1S/C17H13FN6/c1-11-2-8-14(9-3-11)24-17(21-22-23-24)15-10-19-20-16(15)12-4-6-13(18)7-5-12/h2-10H,1H3,(H,19,20). The first kappa shape index (κ1) is 14.3. The third-order valence-corrected chi connectivity index (χ3v) is 3.76. The predicted octanol–water partition coefficient (Wildman–Crippen LogP) is 3.17. The van der Waals surface area contributed by atoms with Crippen LogP contribution in [0.15, 0.2) is 54.7 Å². The summed E-state index contributed by atoms with van der Waals surface area (Å²) in [6.07, 6.45) is 1.66. The van der Waals surface area contributed by atoms with Crippen LogP contribution >= 0.6 is 0 Å². The summed E-state index contributed by atoms with van der Waals surface area (Å²) in [5, 5.41) is 19.0. The van der Waals surface area contributed by atoms with Crippen LogP contribution in [0.2, 0.25) is 0 Å². The lowest BCUT2D eigenvalue weighted by molar-refractivity contribution is 0.628. The Balaban J connectivity index is 1.82. The molecule has 24 heavy (non-hydrogen) atoms. The Bertz CT molecular complexity index is 887. The largest absolute Gasteiger partial charge is 0.277 e. The molecule has 0 aliphatic carbocycles. The first-order chi connectivity index (χ1) is 11.7. The van der Waals surface area contributed by atoms with Crippen molar-refractivity contribution in [1.82, 2.24) is 30.4 Å². The number of aromatic nitrogens is 6. The number of halogens is 1. The molecule has 0 saturated carbocycles. The van der Waals surface area contributed by atoms with Gasteiger partial charge in [0, 0.05) is 5.56 Å². The lowest BCUT2D eigenvalue weighted by atomic mass is 10.1. The van der Waals surface area contributed by atoms with Crippen molar-refractivity contribution in [3.8, 4) is 28.3 Å². The van der Waals surface area contributed by atoms with Crippen molar-refractivity contribution in [2.75, 3.05) is 0 Å². The molecule has 0 spiro atoms. The Kier molecular flexibility index (Phi) is 3.38. The molecule has 0 atom stereocenters. The summed E-state index contributed by atoms with van der Waals surface area (Å²) in [6, 6.07) is 14.1. The van der Waals surface area contributed by atoms with E-state index in [1.807, 2.05) is 31.2 Å². The van der Waals surface area contributed by atoms with Crippen molar-refractivity contribution in [2.45, 2.75) is 6.92 Å². The maximum atomic E-state index is 13.2. The first-order valence-electron chi connectivity index (χ1n) is 7.37. The fourth-order valence-corrected chi connectivity index (χ4v) is 2.51. The summed E-state index contributed by atoms with van der Waals surface area (Å²) in [5.41, 5.74) is 4.29. The van der Waals surface area contributed by atoms with Crippen LogP contribution in [0.3, 0.4) is 0 Å². The number of H-pyrrole nitrogens is 1. The van der Waals surface area contributed by atoms with Gasteiger partial charge in [-0.05, 0) is 53.7 Å². The van der Waals surface area contributed by atoms with Gasteiger partial charge in [-0.25, -0.2) is 4.39 Å². The number of aromatic amines is 1. The molecule has 2 aromatic carbocycles. The van der Waals surface area contributed by atoms with Crippen molar-refractivity contribution in [3.63, 3.8) is 0 Å². The summed E-state index contributed by atoms with van der Waals surface area (Å²) in [4.78, 5) is 0. The molecule has 6 nitrogen and oxygen atoms in total. The van der Waals surface area contributed by atoms with E-state index >= 15 is 0 Å². The quantitative estimate of drug-likeness (QED) is 0.629. The van der Waals surface area contributed by atoms with E-state index in [1.165, 1.54) is 12.1 Å². The van der Waals surface area contributed by atoms with Gasteiger partial charge in [0.25, 0.3) is 0 Å². The van der Waals surface area contributed by atoms with Crippen molar-refractivity contribution in [3.05, 3.63) is 66.1 Å². The third kappa shape index (κ3) is 2.45. The normalized spacial score (nSPS) is 10.9. The monoisotopic (exact) mass is 320 g/mol. The average Bonchev–Trinajstić information content (AvgIpc) is 3.25. The molecule has 4 rings (SSSR count). The summed E-state index contributed by atoms with van der Waals surface area (Å²) in [6.45, 7) is 2.02. The minimum absolute atomic E-state index is 0.288. The van der Waals surface area contributed by atoms with Crippen LogP contribution in [0, 0.1) is 12.7 Å². The molecular formula is C17H13FN6. The number of benzene rings is 2. The Labute approximate surface area is 137 Å². The molecule has 0 radical (unpaired) electrons. The number of tetrazole rings is 1. The molecule has 4 aromatic rings. The Morgan fingerprint density at radius 3 is 2.50 bits per heavy atom. The molecule has 1 N–H and O–H groups in total. The molecule has 0 unspecified atom stereocenters. The molecule has 0 amide bonds. The number of nitrogens with one attached hydrogen (secondary N) is 1. The third-order valence-electron chi connectivity index (χ3n) is 3.76. The zero-order valence-electron chi connectivity index (χ0n) is 12.8. The molecule has 118 valence electrons. The van der Waals surface area contributed by atoms with E-state index < -0.39 is 0 Å². The molecule has 0 fully saturated rings. The Morgan fingerprint density at radius 2 is 1.75 bits per heavy atom. The summed E-state index contributed by atoms with van der Waals surface area (Å²) >= 11 is 0. The van der Waals surface area contributed by atoms with Gasteiger partial charge in [-0.1, -0.05) is 17.7 Å². The summed E-state index contributed by atoms with van der Waals surface area (Å²) in [5.74, 6) is 0.274. The van der Waals surface area contributed by atoms with E-state index in [0.29, 0.717) is 5.82 Å². The molecule has 0 aliphatic rings. The molecular weight excluding hydrogens is 307 g/mol.